The smallest absolute Gasteiger partial charge is 0.313 e. The normalized spacial score (nSPS) is 15.1. The van der Waals surface area contributed by atoms with Crippen LogP contribution in [0.1, 0.15) is 13.3 Å². The Morgan fingerprint density at radius 2 is 2.00 bits per heavy atom. The number of esters is 1. The van der Waals surface area contributed by atoms with E-state index >= 15 is 0 Å². The molecule has 30 heavy (non-hydrogen) atoms. The van der Waals surface area contributed by atoms with Gasteiger partial charge in [0.05, 0.1) is 30.5 Å². The maximum atomic E-state index is 12.8. The molecule has 0 unspecified atom stereocenters. The van der Waals surface area contributed by atoms with E-state index in [0.29, 0.717) is 31.9 Å². The molecule has 1 saturated heterocycles. The van der Waals surface area contributed by atoms with Crippen molar-refractivity contribution in [2.24, 2.45) is 0 Å². The minimum absolute atomic E-state index is 0.0219. The van der Waals surface area contributed by atoms with Gasteiger partial charge in [0.15, 0.2) is 5.78 Å². The van der Waals surface area contributed by atoms with Crippen LogP contribution >= 0.6 is 11.8 Å². The van der Waals surface area contributed by atoms with Gasteiger partial charge in [-0.05, 0) is 25.1 Å². The Kier molecular flexibility index (Phi) is 7.58. The number of carbonyl (C=O) groups is 2. The second-order valence-electron chi connectivity index (χ2n) is 6.23. The molecule has 0 radical (unpaired) electrons. The molecular formula is C18H21N3O7S2. The number of nitrogens with zero attached hydrogens (tertiary/aromatic N) is 3. The third-order valence-electron chi connectivity index (χ3n) is 4.10. The highest BCUT2D eigenvalue weighted by molar-refractivity contribution is 7.99. The third kappa shape index (κ3) is 5.65. The van der Waals surface area contributed by atoms with Gasteiger partial charge in [0.1, 0.15) is 6.42 Å². The van der Waals surface area contributed by atoms with Crippen molar-refractivity contribution in [3.05, 3.63) is 24.3 Å². The first-order valence-electron chi connectivity index (χ1n) is 9.22. The lowest BCUT2D eigenvalue weighted by molar-refractivity contribution is -0.145. The molecule has 0 spiro atoms. The summed E-state index contributed by atoms with van der Waals surface area (Å²) < 4.78 is 42.5. The van der Waals surface area contributed by atoms with E-state index in [0.717, 1.165) is 11.8 Å². The van der Waals surface area contributed by atoms with Gasteiger partial charge in [-0.25, -0.2) is 8.42 Å². The second-order valence-corrected chi connectivity index (χ2v) is 9.09. The topological polar surface area (TPSA) is 129 Å². The van der Waals surface area contributed by atoms with Crippen molar-refractivity contribution in [2.75, 3.05) is 38.7 Å². The lowest BCUT2D eigenvalue weighted by atomic mass is 10.2. The van der Waals surface area contributed by atoms with E-state index in [1.165, 1.54) is 16.4 Å². The van der Waals surface area contributed by atoms with Gasteiger partial charge >= 0.3 is 5.97 Å². The van der Waals surface area contributed by atoms with E-state index < -0.39 is 16.0 Å². The molecule has 10 nitrogen and oxygen atoms in total. The summed E-state index contributed by atoms with van der Waals surface area (Å²) >= 11 is 0.999. The number of thioether (sulfide) groups is 1. The largest absolute Gasteiger partial charge is 0.466 e. The minimum atomic E-state index is -3.65. The molecule has 162 valence electrons. The summed E-state index contributed by atoms with van der Waals surface area (Å²) in [6.45, 7) is 3.20. The van der Waals surface area contributed by atoms with Crippen LogP contribution in [-0.4, -0.2) is 73.3 Å². The maximum absolute atomic E-state index is 12.8. The molecule has 0 atom stereocenters. The second kappa shape index (κ2) is 10.2. The van der Waals surface area contributed by atoms with Gasteiger partial charge in [0.25, 0.3) is 5.22 Å². The molecule has 0 amide bonds. The molecule has 1 aliphatic rings. The first-order chi connectivity index (χ1) is 14.4. The molecule has 2 aromatic rings. The van der Waals surface area contributed by atoms with Crippen molar-refractivity contribution < 1.29 is 31.9 Å². The Bertz CT molecular complexity index is 1000. The van der Waals surface area contributed by atoms with E-state index in [4.69, 9.17) is 13.9 Å². The van der Waals surface area contributed by atoms with Crippen LogP contribution in [-0.2, 0) is 29.1 Å². The van der Waals surface area contributed by atoms with Gasteiger partial charge in [-0.2, -0.15) is 4.31 Å². The number of benzene rings is 1. The number of ether oxygens (including phenoxy) is 2. The first-order valence-corrected chi connectivity index (χ1v) is 11.6. The summed E-state index contributed by atoms with van der Waals surface area (Å²) in [5.74, 6) is -0.787. The molecule has 0 N–H and O–H groups in total. The van der Waals surface area contributed by atoms with Crippen LogP contribution in [0.4, 0.5) is 0 Å². The predicted octanol–water partition coefficient (Wildman–Crippen LogP) is 1.37. The molecule has 12 heteroatoms. The number of Topliss-reactive ketones (excluding diaryl/α,β-unsaturated/α-hetero) is 1. The van der Waals surface area contributed by atoms with Gasteiger partial charge in [-0.3, -0.25) is 9.59 Å². The Labute approximate surface area is 178 Å². The van der Waals surface area contributed by atoms with Gasteiger partial charge < -0.3 is 13.9 Å². The fraction of sp³-hybridized carbons (Fsp3) is 0.444. The summed E-state index contributed by atoms with van der Waals surface area (Å²) in [6.07, 6.45) is -0.316. The van der Waals surface area contributed by atoms with Crippen molar-refractivity contribution in [2.45, 2.75) is 23.5 Å². The summed E-state index contributed by atoms with van der Waals surface area (Å²) in [5, 5.41) is 7.93. The monoisotopic (exact) mass is 455 g/mol. The van der Waals surface area contributed by atoms with Crippen molar-refractivity contribution in [3.8, 4) is 11.5 Å². The van der Waals surface area contributed by atoms with Gasteiger partial charge in [-0.15, -0.1) is 10.2 Å². The van der Waals surface area contributed by atoms with E-state index in [1.54, 1.807) is 19.1 Å². The number of sulfonamides is 1. The number of morpholine rings is 1. The SMILES string of the molecule is CCOC(=O)CC(=O)CSc1nnc(-c2cccc(S(=O)(=O)N3CCOCC3)c2)o1. The van der Waals surface area contributed by atoms with E-state index in [1.807, 2.05) is 0 Å². The van der Waals surface area contributed by atoms with Crippen LogP contribution in [0.15, 0.2) is 38.8 Å². The standard InChI is InChI=1S/C18H21N3O7S2/c1-2-27-16(23)11-14(22)12-29-18-20-19-17(28-18)13-4-3-5-15(10-13)30(24,25)21-6-8-26-9-7-21/h3-5,10H,2,6-9,11-12H2,1H3. The number of hydrogen-bond acceptors (Lipinski definition) is 10. The predicted molar refractivity (Wildman–Crippen MR) is 106 cm³/mol. The maximum Gasteiger partial charge on any atom is 0.313 e. The van der Waals surface area contributed by atoms with Gasteiger partial charge in [0.2, 0.25) is 15.9 Å². The zero-order valence-electron chi connectivity index (χ0n) is 16.3. The number of hydrogen-bond donors (Lipinski definition) is 0. The van der Waals surface area contributed by atoms with Crippen LogP contribution in [0.25, 0.3) is 11.5 Å². The summed E-state index contributed by atoms with van der Waals surface area (Å²) in [5.41, 5.74) is 0.446. The molecule has 2 heterocycles. The van der Waals surface area contributed by atoms with E-state index in [2.05, 4.69) is 10.2 Å². The highest BCUT2D eigenvalue weighted by atomic mass is 32.2. The Balaban J connectivity index is 1.66. The molecule has 0 aliphatic carbocycles. The summed E-state index contributed by atoms with van der Waals surface area (Å²) in [7, 11) is -3.65. The zero-order valence-corrected chi connectivity index (χ0v) is 17.9. The van der Waals surface area contributed by atoms with Gasteiger partial charge in [-0.1, -0.05) is 17.8 Å². The molecule has 1 aromatic carbocycles. The van der Waals surface area contributed by atoms with Crippen molar-refractivity contribution >= 4 is 33.5 Å². The molecule has 1 aliphatic heterocycles. The van der Waals surface area contributed by atoms with Crippen LogP contribution in [0.2, 0.25) is 0 Å². The summed E-state index contributed by atoms with van der Waals surface area (Å²) in [6, 6.07) is 6.24. The highest BCUT2D eigenvalue weighted by Gasteiger charge is 2.27. The Hall–Kier alpha value is -2.28. The molecular weight excluding hydrogens is 434 g/mol. The van der Waals surface area contributed by atoms with Crippen molar-refractivity contribution in [1.82, 2.24) is 14.5 Å². The molecule has 1 fully saturated rings. The van der Waals surface area contributed by atoms with Gasteiger partial charge in [0, 0.05) is 18.7 Å². The lowest BCUT2D eigenvalue weighted by Crippen LogP contribution is -2.40. The Morgan fingerprint density at radius 3 is 2.73 bits per heavy atom. The Morgan fingerprint density at radius 1 is 1.23 bits per heavy atom. The number of rotatable bonds is 9. The fourth-order valence-electron chi connectivity index (χ4n) is 2.68. The lowest BCUT2D eigenvalue weighted by Gasteiger charge is -2.26. The van der Waals surface area contributed by atoms with Crippen LogP contribution < -0.4 is 0 Å². The average Bonchev–Trinajstić information content (AvgIpc) is 3.22. The average molecular weight is 456 g/mol. The van der Waals surface area contributed by atoms with Crippen molar-refractivity contribution in [1.29, 1.82) is 0 Å². The molecule has 0 bridgehead atoms. The van der Waals surface area contributed by atoms with Crippen LogP contribution in [0, 0.1) is 0 Å². The van der Waals surface area contributed by atoms with Crippen LogP contribution in [0.5, 0.6) is 0 Å². The zero-order chi connectivity index (χ0) is 21.6. The minimum Gasteiger partial charge on any atom is -0.466 e. The van der Waals surface area contributed by atoms with Crippen LogP contribution in [0.3, 0.4) is 0 Å². The number of carbonyl (C=O) groups excluding carboxylic acids is 2. The van der Waals surface area contributed by atoms with E-state index in [9.17, 15) is 18.0 Å². The fourth-order valence-corrected chi connectivity index (χ4v) is 4.75. The number of aromatic nitrogens is 2. The van der Waals surface area contributed by atoms with E-state index in [-0.39, 0.29) is 40.6 Å². The quantitative estimate of drug-likeness (QED) is 0.310. The third-order valence-corrected chi connectivity index (χ3v) is 6.87. The molecule has 0 saturated carbocycles. The van der Waals surface area contributed by atoms with Crippen molar-refractivity contribution in [3.63, 3.8) is 0 Å². The molecule has 1 aromatic heterocycles. The molecule has 3 rings (SSSR count). The number of ketones is 1. The first kappa shape index (κ1) is 22.4. The summed E-state index contributed by atoms with van der Waals surface area (Å²) in [4.78, 5) is 23.2. The highest BCUT2D eigenvalue weighted by Crippen LogP contribution is 2.26.